The summed E-state index contributed by atoms with van der Waals surface area (Å²) in [7, 11) is 0. The first kappa shape index (κ1) is 10.2. The molecular weight excluding hydrogens is 208 g/mol. The average molecular weight is 220 g/mol. The predicted octanol–water partition coefficient (Wildman–Crippen LogP) is 1.88. The third-order valence-electron chi connectivity index (χ3n) is 2.03. The molecule has 5 heteroatoms. The zero-order valence-corrected chi connectivity index (χ0v) is 9.79. The van der Waals surface area contributed by atoms with E-state index in [2.05, 4.69) is 27.7 Å². The summed E-state index contributed by atoms with van der Waals surface area (Å²) in [6.07, 6.45) is 0. The first-order valence-corrected chi connectivity index (χ1v) is 5.09. The number of aryl methyl sites for hydroxylation is 3. The molecule has 0 aliphatic heterocycles. The SMILES string of the molecule is Cc1cc(S)nc(-n2nc(C)cc2C)n1. The Bertz CT molecular complexity index is 484. The van der Waals surface area contributed by atoms with E-state index in [9.17, 15) is 0 Å². The average Bonchev–Trinajstić information content (AvgIpc) is 2.43. The molecule has 0 spiro atoms. The molecule has 0 fully saturated rings. The van der Waals surface area contributed by atoms with Gasteiger partial charge in [-0.2, -0.15) is 5.10 Å². The van der Waals surface area contributed by atoms with Gasteiger partial charge in [0.05, 0.1) is 10.7 Å². The standard InChI is InChI=1S/C10H12N4S/c1-6-5-9(15)12-10(11-6)14-8(3)4-7(2)13-14/h4-5H,1-3H3,(H,11,12,15). The van der Waals surface area contributed by atoms with Crippen LogP contribution in [-0.4, -0.2) is 19.7 Å². The van der Waals surface area contributed by atoms with Gasteiger partial charge < -0.3 is 0 Å². The fourth-order valence-corrected chi connectivity index (χ4v) is 1.74. The monoisotopic (exact) mass is 220 g/mol. The van der Waals surface area contributed by atoms with Crippen LogP contribution in [0.5, 0.6) is 0 Å². The van der Waals surface area contributed by atoms with E-state index in [1.165, 1.54) is 0 Å². The molecule has 0 atom stereocenters. The van der Waals surface area contributed by atoms with Gasteiger partial charge in [0.25, 0.3) is 5.95 Å². The van der Waals surface area contributed by atoms with Gasteiger partial charge in [-0.1, -0.05) is 0 Å². The minimum Gasteiger partial charge on any atom is -0.216 e. The van der Waals surface area contributed by atoms with Crippen LogP contribution in [0.2, 0.25) is 0 Å². The second kappa shape index (κ2) is 3.66. The van der Waals surface area contributed by atoms with Crippen LogP contribution in [0.3, 0.4) is 0 Å². The number of hydrogen-bond acceptors (Lipinski definition) is 4. The fraction of sp³-hybridized carbons (Fsp3) is 0.300. The molecule has 0 saturated carbocycles. The summed E-state index contributed by atoms with van der Waals surface area (Å²) in [5.74, 6) is 0.575. The van der Waals surface area contributed by atoms with Crippen LogP contribution in [0.4, 0.5) is 0 Å². The number of aromatic nitrogens is 4. The Morgan fingerprint density at radius 2 is 1.80 bits per heavy atom. The molecule has 0 N–H and O–H groups in total. The highest BCUT2D eigenvalue weighted by molar-refractivity contribution is 7.80. The van der Waals surface area contributed by atoms with Gasteiger partial charge in [-0.25, -0.2) is 14.6 Å². The van der Waals surface area contributed by atoms with Crippen LogP contribution in [0.15, 0.2) is 17.2 Å². The molecule has 2 rings (SSSR count). The van der Waals surface area contributed by atoms with Crippen LogP contribution in [0, 0.1) is 20.8 Å². The lowest BCUT2D eigenvalue weighted by Gasteiger charge is -2.03. The summed E-state index contributed by atoms with van der Waals surface area (Å²) in [6, 6.07) is 3.81. The lowest BCUT2D eigenvalue weighted by atomic mass is 10.4. The smallest absolute Gasteiger partial charge is 0.216 e. The molecule has 2 aromatic rings. The van der Waals surface area contributed by atoms with Gasteiger partial charge in [-0.05, 0) is 32.9 Å². The van der Waals surface area contributed by atoms with Gasteiger partial charge in [0, 0.05) is 11.4 Å². The lowest BCUT2D eigenvalue weighted by molar-refractivity contribution is 0.753. The summed E-state index contributed by atoms with van der Waals surface area (Å²) < 4.78 is 1.72. The Labute approximate surface area is 93.8 Å². The highest BCUT2D eigenvalue weighted by atomic mass is 32.1. The summed E-state index contributed by atoms with van der Waals surface area (Å²) in [5, 5.41) is 4.98. The molecule has 0 bridgehead atoms. The van der Waals surface area contributed by atoms with Crippen molar-refractivity contribution < 1.29 is 0 Å². The molecule has 0 radical (unpaired) electrons. The topological polar surface area (TPSA) is 43.6 Å². The fourth-order valence-electron chi connectivity index (χ4n) is 1.46. The molecule has 15 heavy (non-hydrogen) atoms. The van der Waals surface area contributed by atoms with Crippen molar-refractivity contribution in [3.05, 3.63) is 29.2 Å². The summed E-state index contributed by atoms with van der Waals surface area (Å²) in [5.41, 5.74) is 2.86. The highest BCUT2D eigenvalue weighted by Crippen LogP contribution is 2.11. The highest BCUT2D eigenvalue weighted by Gasteiger charge is 2.07. The Morgan fingerprint density at radius 3 is 2.33 bits per heavy atom. The van der Waals surface area contributed by atoms with Crippen molar-refractivity contribution in [2.75, 3.05) is 0 Å². The van der Waals surface area contributed by atoms with Gasteiger partial charge >= 0.3 is 0 Å². The first-order valence-electron chi connectivity index (χ1n) is 4.64. The molecule has 78 valence electrons. The molecule has 4 nitrogen and oxygen atoms in total. The van der Waals surface area contributed by atoms with Crippen LogP contribution in [-0.2, 0) is 0 Å². The molecule has 0 unspecified atom stereocenters. The van der Waals surface area contributed by atoms with Gasteiger partial charge in [0.1, 0.15) is 0 Å². The normalized spacial score (nSPS) is 10.7. The molecule has 2 heterocycles. The van der Waals surface area contributed by atoms with Gasteiger partial charge in [-0.3, -0.25) is 0 Å². The molecule has 0 aromatic carbocycles. The zero-order chi connectivity index (χ0) is 11.0. The maximum atomic E-state index is 4.32. The van der Waals surface area contributed by atoms with Crippen LogP contribution < -0.4 is 0 Å². The minimum atomic E-state index is 0.575. The van der Waals surface area contributed by atoms with E-state index in [-0.39, 0.29) is 0 Å². The maximum Gasteiger partial charge on any atom is 0.252 e. The van der Waals surface area contributed by atoms with Crippen LogP contribution in [0.25, 0.3) is 5.95 Å². The van der Waals surface area contributed by atoms with Crippen molar-refractivity contribution in [1.29, 1.82) is 0 Å². The number of hydrogen-bond donors (Lipinski definition) is 1. The van der Waals surface area contributed by atoms with Crippen molar-refractivity contribution in [3.8, 4) is 5.95 Å². The largest absolute Gasteiger partial charge is 0.252 e. The molecule has 0 aliphatic carbocycles. The van der Waals surface area contributed by atoms with Gasteiger partial charge in [0.15, 0.2) is 0 Å². The zero-order valence-electron chi connectivity index (χ0n) is 8.89. The van der Waals surface area contributed by atoms with Crippen molar-refractivity contribution in [1.82, 2.24) is 19.7 Å². The van der Waals surface area contributed by atoms with E-state index < -0.39 is 0 Å². The molecule has 2 aromatic heterocycles. The minimum absolute atomic E-state index is 0.575. The second-order valence-corrected chi connectivity index (χ2v) is 3.96. The van der Waals surface area contributed by atoms with E-state index in [1.807, 2.05) is 32.9 Å². The van der Waals surface area contributed by atoms with E-state index in [0.717, 1.165) is 17.1 Å². The molecular formula is C10H12N4S. The Balaban J connectivity index is 2.58. The summed E-state index contributed by atoms with van der Waals surface area (Å²) in [4.78, 5) is 8.55. The lowest BCUT2D eigenvalue weighted by Crippen LogP contribution is -2.06. The van der Waals surface area contributed by atoms with Crippen LogP contribution in [0.1, 0.15) is 17.1 Å². The van der Waals surface area contributed by atoms with Crippen molar-refractivity contribution in [3.63, 3.8) is 0 Å². The number of rotatable bonds is 1. The van der Waals surface area contributed by atoms with Crippen molar-refractivity contribution in [2.45, 2.75) is 25.8 Å². The number of thiol groups is 1. The van der Waals surface area contributed by atoms with E-state index in [0.29, 0.717) is 11.0 Å². The van der Waals surface area contributed by atoms with Crippen LogP contribution >= 0.6 is 12.6 Å². The van der Waals surface area contributed by atoms with Crippen molar-refractivity contribution in [2.24, 2.45) is 0 Å². The third-order valence-corrected chi connectivity index (χ3v) is 2.26. The predicted molar refractivity (Wildman–Crippen MR) is 60.6 cm³/mol. The maximum absolute atomic E-state index is 4.32. The third kappa shape index (κ3) is 2.02. The Kier molecular flexibility index (Phi) is 2.48. The summed E-state index contributed by atoms with van der Waals surface area (Å²) in [6.45, 7) is 5.83. The second-order valence-electron chi connectivity index (χ2n) is 3.51. The van der Waals surface area contributed by atoms with Gasteiger partial charge in [-0.15, -0.1) is 12.6 Å². The van der Waals surface area contributed by atoms with E-state index in [4.69, 9.17) is 0 Å². The van der Waals surface area contributed by atoms with Gasteiger partial charge in [0.2, 0.25) is 0 Å². The molecule has 0 aliphatic rings. The molecule has 0 saturated heterocycles. The first-order chi connectivity index (χ1) is 7.06. The van der Waals surface area contributed by atoms with Crippen molar-refractivity contribution >= 4 is 12.6 Å². The Hall–Kier alpha value is -1.36. The number of nitrogens with zero attached hydrogens (tertiary/aromatic N) is 4. The Morgan fingerprint density at radius 1 is 1.07 bits per heavy atom. The van der Waals surface area contributed by atoms with E-state index >= 15 is 0 Å². The van der Waals surface area contributed by atoms with E-state index in [1.54, 1.807) is 4.68 Å². The molecule has 0 amide bonds. The quantitative estimate of drug-likeness (QED) is 0.589. The summed E-state index contributed by atoms with van der Waals surface area (Å²) >= 11 is 4.22.